The largest absolute Gasteiger partial charge is 0.417 e. The van der Waals surface area contributed by atoms with E-state index in [-0.39, 0.29) is 22.0 Å². The third-order valence-electron chi connectivity index (χ3n) is 3.07. The number of nitro groups is 1. The van der Waals surface area contributed by atoms with Crippen LogP contribution in [0.1, 0.15) is 15.9 Å². The van der Waals surface area contributed by atoms with E-state index in [0.717, 1.165) is 36.0 Å². The molecule has 2 aromatic rings. The molecule has 0 saturated heterocycles. The first-order chi connectivity index (χ1) is 12.7. The fourth-order valence-electron chi connectivity index (χ4n) is 1.74. The fourth-order valence-corrected chi connectivity index (χ4v) is 2.38. The Labute approximate surface area is 154 Å². The summed E-state index contributed by atoms with van der Waals surface area (Å²) in [6, 6.07) is 6.71. The van der Waals surface area contributed by atoms with Crippen LogP contribution in [0.4, 0.5) is 18.9 Å². The summed E-state index contributed by atoms with van der Waals surface area (Å²) in [6.45, 7) is 0. The number of hydrogen-bond acceptors (Lipinski definition) is 6. The highest BCUT2D eigenvalue weighted by molar-refractivity contribution is 7.99. The Bertz CT molecular complexity index is 842. The number of amides is 2. The number of carbonyl (C=O) groups is 2. The highest BCUT2D eigenvalue weighted by Crippen LogP contribution is 2.29. The molecule has 12 heteroatoms. The van der Waals surface area contributed by atoms with Crippen LogP contribution in [0.2, 0.25) is 0 Å². The molecular formula is C15H11F3N4O4S. The number of hydrogen-bond donors (Lipinski definition) is 2. The van der Waals surface area contributed by atoms with Crippen LogP contribution < -0.4 is 10.9 Å². The first-order valence-electron chi connectivity index (χ1n) is 7.16. The second-order valence-corrected chi connectivity index (χ2v) is 5.97. The van der Waals surface area contributed by atoms with Crippen LogP contribution in [-0.2, 0) is 11.0 Å². The highest BCUT2D eigenvalue weighted by Gasteiger charge is 2.30. The number of non-ortho nitro benzene ring substituents is 1. The summed E-state index contributed by atoms with van der Waals surface area (Å²) in [4.78, 5) is 37.0. The van der Waals surface area contributed by atoms with Gasteiger partial charge in [-0.1, -0.05) is 11.8 Å². The molecule has 0 aliphatic carbocycles. The molecule has 0 fully saturated rings. The van der Waals surface area contributed by atoms with Crippen molar-refractivity contribution in [3.8, 4) is 0 Å². The van der Waals surface area contributed by atoms with E-state index in [1.165, 1.54) is 12.1 Å². The summed E-state index contributed by atoms with van der Waals surface area (Å²) in [5.74, 6) is -1.49. The van der Waals surface area contributed by atoms with E-state index < -0.39 is 28.5 Å². The number of halogens is 3. The van der Waals surface area contributed by atoms with Gasteiger partial charge in [0.15, 0.2) is 0 Å². The molecule has 8 nitrogen and oxygen atoms in total. The summed E-state index contributed by atoms with van der Waals surface area (Å²) in [5, 5.41) is 10.7. The number of alkyl halides is 3. The van der Waals surface area contributed by atoms with Gasteiger partial charge in [-0.25, -0.2) is 4.98 Å². The third kappa shape index (κ3) is 5.95. The Morgan fingerprint density at radius 1 is 1.11 bits per heavy atom. The number of aromatic nitrogens is 1. The first-order valence-corrected chi connectivity index (χ1v) is 8.15. The van der Waals surface area contributed by atoms with E-state index in [4.69, 9.17) is 0 Å². The predicted octanol–water partition coefficient (Wildman–Crippen LogP) is 2.56. The minimum atomic E-state index is -4.49. The molecule has 0 bridgehead atoms. The van der Waals surface area contributed by atoms with Crippen LogP contribution in [0.5, 0.6) is 0 Å². The van der Waals surface area contributed by atoms with Crippen molar-refractivity contribution in [3.05, 3.63) is 63.8 Å². The average molecular weight is 400 g/mol. The average Bonchev–Trinajstić information content (AvgIpc) is 2.64. The molecule has 142 valence electrons. The SMILES string of the molecule is O=C(CSc1ccc(C(F)(F)F)cn1)NNC(=O)c1ccc([N+](=O)[O-])cc1. The molecule has 0 spiro atoms. The van der Waals surface area contributed by atoms with E-state index in [9.17, 15) is 32.9 Å². The van der Waals surface area contributed by atoms with Crippen LogP contribution in [0, 0.1) is 10.1 Å². The van der Waals surface area contributed by atoms with Crippen LogP contribution in [0.3, 0.4) is 0 Å². The van der Waals surface area contributed by atoms with Crippen molar-refractivity contribution in [1.29, 1.82) is 0 Å². The molecule has 1 aromatic carbocycles. The van der Waals surface area contributed by atoms with Crippen LogP contribution in [-0.4, -0.2) is 27.5 Å². The smallest absolute Gasteiger partial charge is 0.272 e. The van der Waals surface area contributed by atoms with Gasteiger partial charge in [-0.15, -0.1) is 0 Å². The Morgan fingerprint density at radius 2 is 1.78 bits per heavy atom. The quantitative estimate of drug-likeness (QED) is 0.453. The molecule has 2 N–H and O–H groups in total. The molecule has 2 rings (SSSR count). The highest BCUT2D eigenvalue weighted by atomic mass is 32.2. The van der Waals surface area contributed by atoms with Crippen molar-refractivity contribution in [3.63, 3.8) is 0 Å². The van der Waals surface area contributed by atoms with Gasteiger partial charge in [0.2, 0.25) is 5.91 Å². The van der Waals surface area contributed by atoms with Crippen LogP contribution >= 0.6 is 11.8 Å². The molecule has 2 amide bonds. The number of carbonyl (C=O) groups excluding carboxylic acids is 2. The monoisotopic (exact) mass is 400 g/mol. The zero-order valence-corrected chi connectivity index (χ0v) is 14.1. The summed E-state index contributed by atoms with van der Waals surface area (Å²) in [6.07, 6.45) is -3.83. The van der Waals surface area contributed by atoms with Gasteiger partial charge in [0.25, 0.3) is 11.6 Å². The Morgan fingerprint density at radius 3 is 2.30 bits per heavy atom. The number of nitro benzene ring substituents is 1. The van der Waals surface area contributed by atoms with Gasteiger partial charge in [0.1, 0.15) is 0 Å². The van der Waals surface area contributed by atoms with Gasteiger partial charge in [0, 0.05) is 23.9 Å². The molecule has 0 atom stereocenters. The maximum Gasteiger partial charge on any atom is 0.417 e. The van der Waals surface area contributed by atoms with Crippen molar-refractivity contribution >= 4 is 29.3 Å². The van der Waals surface area contributed by atoms with Gasteiger partial charge < -0.3 is 0 Å². The van der Waals surface area contributed by atoms with Crippen molar-refractivity contribution in [2.75, 3.05) is 5.75 Å². The number of nitrogens with zero attached hydrogens (tertiary/aromatic N) is 2. The van der Waals surface area contributed by atoms with Crippen molar-refractivity contribution in [2.45, 2.75) is 11.2 Å². The topological polar surface area (TPSA) is 114 Å². The number of hydrazine groups is 1. The second-order valence-electron chi connectivity index (χ2n) is 4.98. The Hall–Kier alpha value is -3.15. The van der Waals surface area contributed by atoms with E-state index in [1.807, 2.05) is 0 Å². The fraction of sp³-hybridized carbons (Fsp3) is 0.133. The zero-order valence-electron chi connectivity index (χ0n) is 13.3. The predicted molar refractivity (Wildman–Crippen MR) is 88.7 cm³/mol. The third-order valence-corrected chi connectivity index (χ3v) is 4.01. The molecule has 0 saturated carbocycles. The number of nitrogens with one attached hydrogen (secondary N) is 2. The number of rotatable bonds is 5. The minimum Gasteiger partial charge on any atom is -0.272 e. The van der Waals surface area contributed by atoms with Gasteiger partial charge in [0.05, 0.1) is 21.3 Å². The first kappa shape index (κ1) is 20.2. The maximum atomic E-state index is 12.4. The Kier molecular flexibility index (Phi) is 6.34. The lowest BCUT2D eigenvalue weighted by Crippen LogP contribution is -2.42. The summed E-state index contributed by atoms with van der Waals surface area (Å²) >= 11 is 0.884. The lowest BCUT2D eigenvalue weighted by molar-refractivity contribution is -0.384. The molecule has 0 unspecified atom stereocenters. The second kappa shape index (κ2) is 8.49. The van der Waals surface area contributed by atoms with Crippen LogP contribution in [0.25, 0.3) is 0 Å². The minimum absolute atomic E-state index is 0.0953. The van der Waals surface area contributed by atoms with Crippen molar-refractivity contribution < 1.29 is 27.7 Å². The van der Waals surface area contributed by atoms with E-state index >= 15 is 0 Å². The van der Waals surface area contributed by atoms with Gasteiger partial charge in [-0.3, -0.25) is 30.6 Å². The molecule has 1 heterocycles. The maximum absolute atomic E-state index is 12.4. The standard InChI is InChI=1S/C15H11F3N4O4S/c16-15(17,18)10-3-6-13(19-7-10)27-8-12(23)20-21-14(24)9-1-4-11(5-2-9)22(25)26/h1-7H,8H2,(H,20,23)(H,21,24). The molecule has 27 heavy (non-hydrogen) atoms. The van der Waals surface area contributed by atoms with E-state index in [2.05, 4.69) is 15.8 Å². The van der Waals surface area contributed by atoms with E-state index in [1.54, 1.807) is 0 Å². The molecule has 0 aliphatic heterocycles. The van der Waals surface area contributed by atoms with Crippen molar-refractivity contribution in [2.24, 2.45) is 0 Å². The van der Waals surface area contributed by atoms with Gasteiger partial charge >= 0.3 is 6.18 Å². The zero-order chi connectivity index (χ0) is 20.0. The lowest BCUT2D eigenvalue weighted by atomic mass is 10.2. The van der Waals surface area contributed by atoms with Crippen LogP contribution in [0.15, 0.2) is 47.6 Å². The van der Waals surface area contributed by atoms with Gasteiger partial charge in [-0.05, 0) is 24.3 Å². The normalized spacial score (nSPS) is 10.9. The van der Waals surface area contributed by atoms with Gasteiger partial charge in [-0.2, -0.15) is 13.2 Å². The molecule has 1 aromatic heterocycles. The summed E-state index contributed by atoms with van der Waals surface area (Å²) in [7, 11) is 0. The molecule has 0 aliphatic rings. The van der Waals surface area contributed by atoms with Crippen molar-refractivity contribution in [1.82, 2.24) is 15.8 Å². The lowest BCUT2D eigenvalue weighted by Gasteiger charge is -2.08. The number of pyridine rings is 1. The molecule has 0 radical (unpaired) electrons. The number of benzene rings is 1. The molecular weight excluding hydrogens is 389 g/mol. The van der Waals surface area contributed by atoms with E-state index in [0.29, 0.717) is 6.20 Å². The Balaban J connectivity index is 1.80. The number of thioether (sulfide) groups is 1. The summed E-state index contributed by atoms with van der Waals surface area (Å²) in [5.41, 5.74) is 3.26. The summed E-state index contributed by atoms with van der Waals surface area (Å²) < 4.78 is 37.3.